The highest BCUT2D eigenvalue weighted by Crippen LogP contribution is 2.30. The minimum absolute atomic E-state index is 0.298. The van der Waals surface area contributed by atoms with Crippen LogP contribution < -0.4 is 15.0 Å². The molecule has 128 valence electrons. The molecule has 0 aliphatic carbocycles. The van der Waals surface area contributed by atoms with E-state index in [1.807, 2.05) is 13.0 Å². The molecule has 7 heteroatoms. The van der Waals surface area contributed by atoms with Crippen LogP contribution in [0.15, 0.2) is 30.6 Å². The van der Waals surface area contributed by atoms with Crippen molar-refractivity contribution in [3.8, 4) is 5.75 Å². The van der Waals surface area contributed by atoms with Gasteiger partial charge < -0.3 is 19.7 Å². The predicted molar refractivity (Wildman–Crippen MR) is 90.1 cm³/mol. The second-order valence-corrected chi connectivity index (χ2v) is 5.58. The van der Waals surface area contributed by atoms with Gasteiger partial charge in [0.15, 0.2) is 0 Å². The topological polar surface area (TPSA) is 59.5 Å². The molecule has 3 rings (SSSR count). The maximum Gasteiger partial charge on any atom is 0.134 e. The summed E-state index contributed by atoms with van der Waals surface area (Å²) >= 11 is 0. The third-order valence-electron chi connectivity index (χ3n) is 4.02. The van der Waals surface area contributed by atoms with Gasteiger partial charge in [-0.1, -0.05) is 6.07 Å². The first-order valence-corrected chi connectivity index (χ1v) is 7.92. The molecule has 1 aliphatic rings. The average Bonchev–Trinajstić information content (AvgIpc) is 2.62. The van der Waals surface area contributed by atoms with E-state index < -0.39 is 0 Å². The summed E-state index contributed by atoms with van der Waals surface area (Å²) in [5, 5.41) is 3.22. The van der Waals surface area contributed by atoms with Crippen LogP contribution in [-0.2, 0) is 4.74 Å². The van der Waals surface area contributed by atoms with Gasteiger partial charge in [0.2, 0.25) is 0 Å². The molecule has 1 saturated heterocycles. The van der Waals surface area contributed by atoms with E-state index in [1.54, 1.807) is 12.1 Å². The molecule has 1 atom stereocenters. The maximum absolute atomic E-state index is 14.2. The summed E-state index contributed by atoms with van der Waals surface area (Å²) in [7, 11) is 1.53. The number of anilines is 2. The van der Waals surface area contributed by atoms with Gasteiger partial charge in [0.1, 0.15) is 29.5 Å². The number of methoxy groups -OCH3 is 1. The van der Waals surface area contributed by atoms with Crippen molar-refractivity contribution in [3.63, 3.8) is 0 Å². The van der Waals surface area contributed by atoms with Crippen LogP contribution in [0.4, 0.5) is 16.0 Å². The van der Waals surface area contributed by atoms with Gasteiger partial charge in [-0.05, 0) is 19.1 Å². The number of morpholine rings is 1. The van der Waals surface area contributed by atoms with Gasteiger partial charge in [0.05, 0.1) is 31.9 Å². The lowest BCUT2D eigenvalue weighted by Gasteiger charge is -2.28. The summed E-state index contributed by atoms with van der Waals surface area (Å²) < 4.78 is 24.8. The van der Waals surface area contributed by atoms with Crippen LogP contribution in [0.3, 0.4) is 0 Å². The van der Waals surface area contributed by atoms with Gasteiger partial charge in [-0.3, -0.25) is 0 Å². The van der Waals surface area contributed by atoms with Gasteiger partial charge in [0, 0.05) is 19.2 Å². The number of nitrogens with one attached hydrogen (secondary N) is 1. The highest BCUT2D eigenvalue weighted by atomic mass is 19.1. The normalized spacial score (nSPS) is 15.9. The minimum Gasteiger partial charge on any atom is -0.496 e. The highest BCUT2D eigenvalue weighted by Gasteiger charge is 2.18. The van der Waals surface area contributed by atoms with Gasteiger partial charge in [-0.15, -0.1) is 0 Å². The number of nitrogens with zero attached hydrogens (tertiary/aromatic N) is 3. The number of hydrogen-bond donors (Lipinski definition) is 1. The Morgan fingerprint density at radius 1 is 1.29 bits per heavy atom. The molecule has 24 heavy (non-hydrogen) atoms. The molecule has 0 radical (unpaired) electrons. The molecule has 1 aromatic carbocycles. The Morgan fingerprint density at radius 3 is 2.83 bits per heavy atom. The van der Waals surface area contributed by atoms with E-state index >= 15 is 0 Å². The third-order valence-corrected chi connectivity index (χ3v) is 4.02. The van der Waals surface area contributed by atoms with E-state index in [0.29, 0.717) is 30.3 Å². The highest BCUT2D eigenvalue weighted by molar-refractivity contribution is 5.51. The number of aromatic nitrogens is 2. The van der Waals surface area contributed by atoms with Crippen LogP contribution in [0.1, 0.15) is 18.5 Å². The van der Waals surface area contributed by atoms with E-state index in [-0.39, 0.29) is 11.9 Å². The van der Waals surface area contributed by atoms with Crippen molar-refractivity contribution in [2.24, 2.45) is 0 Å². The van der Waals surface area contributed by atoms with Crippen LogP contribution in [0, 0.1) is 5.82 Å². The Kier molecular flexibility index (Phi) is 5.10. The number of halogens is 1. The third kappa shape index (κ3) is 3.56. The first kappa shape index (κ1) is 16.4. The van der Waals surface area contributed by atoms with Crippen LogP contribution >= 0.6 is 0 Å². The Balaban J connectivity index is 1.78. The molecule has 2 heterocycles. The molecule has 1 aliphatic heterocycles. The monoisotopic (exact) mass is 332 g/mol. The fourth-order valence-corrected chi connectivity index (χ4v) is 2.80. The molecule has 2 aromatic rings. The zero-order valence-electron chi connectivity index (χ0n) is 13.8. The fraction of sp³-hybridized carbons (Fsp3) is 0.412. The maximum atomic E-state index is 14.2. The average molecular weight is 332 g/mol. The molecule has 1 N–H and O–H groups in total. The SMILES string of the molecule is COc1cccc(F)c1[C@@H](C)Nc1cc(N2CCOCC2)ncn1. The molecule has 0 unspecified atom stereocenters. The molecule has 1 aromatic heterocycles. The molecule has 0 amide bonds. The van der Waals surface area contributed by atoms with Crippen molar-refractivity contribution in [1.82, 2.24) is 9.97 Å². The molecule has 0 saturated carbocycles. The van der Waals surface area contributed by atoms with Gasteiger partial charge >= 0.3 is 0 Å². The Bertz CT molecular complexity index is 692. The lowest BCUT2D eigenvalue weighted by Crippen LogP contribution is -2.36. The van der Waals surface area contributed by atoms with Gasteiger partial charge in [0.25, 0.3) is 0 Å². The summed E-state index contributed by atoms with van der Waals surface area (Å²) in [4.78, 5) is 10.7. The molecule has 1 fully saturated rings. The summed E-state index contributed by atoms with van der Waals surface area (Å²) in [6.07, 6.45) is 1.51. The molecular formula is C17H21FN4O2. The van der Waals surface area contributed by atoms with Crippen molar-refractivity contribution in [2.75, 3.05) is 43.6 Å². The van der Waals surface area contributed by atoms with E-state index in [9.17, 15) is 4.39 Å². The summed E-state index contributed by atoms with van der Waals surface area (Å²) in [5.74, 6) is 1.68. The first-order valence-electron chi connectivity index (χ1n) is 7.92. The lowest BCUT2D eigenvalue weighted by atomic mass is 10.1. The minimum atomic E-state index is -0.309. The van der Waals surface area contributed by atoms with E-state index in [1.165, 1.54) is 19.5 Å². The molecular weight excluding hydrogens is 311 g/mol. The van der Waals surface area contributed by atoms with Crippen molar-refractivity contribution in [2.45, 2.75) is 13.0 Å². The Hall–Kier alpha value is -2.41. The van der Waals surface area contributed by atoms with E-state index in [2.05, 4.69) is 20.2 Å². The van der Waals surface area contributed by atoms with Gasteiger partial charge in [-0.2, -0.15) is 0 Å². The molecule has 0 bridgehead atoms. The van der Waals surface area contributed by atoms with Crippen molar-refractivity contribution in [1.29, 1.82) is 0 Å². The number of rotatable bonds is 5. The van der Waals surface area contributed by atoms with E-state index in [0.717, 1.165) is 18.9 Å². The summed E-state index contributed by atoms with van der Waals surface area (Å²) in [6, 6.07) is 6.37. The number of benzene rings is 1. The van der Waals surface area contributed by atoms with Crippen LogP contribution in [-0.4, -0.2) is 43.4 Å². The Labute approximate surface area is 140 Å². The standard InChI is InChI=1S/C17H21FN4O2/c1-12(17-13(18)4-3-5-14(17)23-2)21-15-10-16(20-11-19-15)22-6-8-24-9-7-22/h3-5,10-12H,6-9H2,1-2H3,(H,19,20,21)/t12-/m1/s1. The fourth-order valence-electron chi connectivity index (χ4n) is 2.80. The molecule has 0 spiro atoms. The zero-order chi connectivity index (χ0) is 16.9. The molecule has 6 nitrogen and oxygen atoms in total. The quantitative estimate of drug-likeness (QED) is 0.908. The predicted octanol–water partition coefficient (Wildman–Crippen LogP) is 2.63. The van der Waals surface area contributed by atoms with Crippen molar-refractivity contribution >= 4 is 11.6 Å². The second kappa shape index (κ2) is 7.44. The van der Waals surface area contributed by atoms with Crippen LogP contribution in [0.5, 0.6) is 5.75 Å². The van der Waals surface area contributed by atoms with Gasteiger partial charge in [-0.25, -0.2) is 14.4 Å². The largest absolute Gasteiger partial charge is 0.496 e. The lowest BCUT2D eigenvalue weighted by molar-refractivity contribution is 0.122. The zero-order valence-corrected chi connectivity index (χ0v) is 13.8. The second-order valence-electron chi connectivity index (χ2n) is 5.58. The Morgan fingerprint density at radius 2 is 2.08 bits per heavy atom. The number of ether oxygens (including phenoxy) is 2. The first-order chi connectivity index (χ1) is 11.7. The number of hydrogen-bond acceptors (Lipinski definition) is 6. The van der Waals surface area contributed by atoms with Crippen LogP contribution in [0.25, 0.3) is 0 Å². The van der Waals surface area contributed by atoms with Crippen molar-refractivity contribution < 1.29 is 13.9 Å². The summed E-state index contributed by atoms with van der Waals surface area (Å²) in [5.41, 5.74) is 0.478. The van der Waals surface area contributed by atoms with Crippen LogP contribution in [0.2, 0.25) is 0 Å². The smallest absolute Gasteiger partial charge is 0.134 e. The van der Waals surface area contributed by atoms with Crippen molar-refractivity contribution in [3.05, 3.63) is 42.0 Å². The van der Waals surface area contributed by atoms with E-state index in [4.69, 9.17) is 9.47 Å². The summed E-state index contributed by atoms with van der Waals surface area (Å²) in [6.45, 7) is 4.85.